The van der Waals surface area contributed by atoms with E-state index in [9.17, 15) is 8.42 Å². The van der Waals surface area contributed by atoms with E-state index in [0.29, 0.717) is 10.8 Å². The topological polar surface area (TPSA) is 90.9 Å². The van der Waals surface area contributed by atoms with Crippen LogP contribution in [0.25, 0.3) is 17.1 Å². The summed E-state index contributed by atoms with van der Waals surface area (Å²) in [5, 5.41) is 15.1. The number of sulfonamides is 1. The van der Waals surface area contributed by atoms with Crippen molar-refractivity contribution < 1.29 is 8.42 Å². The minimum Gasteiger partial charge on any atom is -0.270 e. The summed E-state index contributed by atoms with van der Waals surface area (Å²) in [5.41, 5.74) is 1.61. The first-order valence-electron chi connectivity index (χ1n) is 7.37. The maximum absolute atomic E-state index is 11.4. The first-order chi connectivity index (χ1) is 11.9. The van der Waals surface area contributed by atoms with Crippen LogP contribution in [-0.4, -0.2) is 28.9 Å². The standard InChI is InChI=1S/C16H15ClN4O2S2/c1-2-24-16-20-19-15(21(16)13-7-5-12(17)6-8-13)11-3-9-14(10-4-11)25(18,22)23/h3-10H,2H2,1H3,(H2,18,22,23). The number of hydrogen-bond acceptors (Lipinski definition) is 5. The minimum absolute atomic E-state index is 0.0527. The van der Waals surface area contributed by atoms with Gasteiger partial charge in [0.2, 0.25) is 10.0 Å². The Kier molecular flexibility index (Phi) is 5.14. The van der Waals surface area contributed by atoms with E-state index in [-0.39, 0.29) is 4.90 Å². The van der Waals surface area contributed by atoms with Gasteiger partial charge >= 0.3 is 0 Å². The SMILES string of the molecule is CCSc1nnc(-c2ccc(S(N)(=O)=O)cc2)n1-c1ccc(Cl)cc1. The van der Waals surface area contributed by atoms with E-state index >= 15 is 0 Å². The lowest BCUT2D eigenvalue weighted by Gasteiger charge is -2.10. The van der Waals surface area contributed by atoms with Gasteiger partial charge in [-0.15, -0.1) is 10.2 Å². The quantitative estimate of drug-likeness (QED) is 0.670. The van der Waals surface area contributed by atoms with Crippen molar-refractivity contribution in [2.24, 2.45) is 5.14 Å². The maximum Gasteiger partial charge on any atom is 0.238 e. The van der Waals surface area contributed by atoms with Crippen LogP contribution in [0.4, 0.5) is 0 Å². The Labute approximate surface area is 155 Å². The molecule has 0 spiro atoms. The van der Waals surface area contributed by atoms with Gasteiger partial charge in [0.05, 0.1) is 4.90 Å². The smallest absolute Gasteiger partial charge is 0.238 e. The van der Waals surface area contributed by atoms with Crippen LogP contribution in [0.1, 0.15) is 6.92 Å². The second-order valence-corrected chi connectivity index (χ2v) is 8.35. The molecule has 0 fully saturated rings. The summed E-state index contributed by atoms with van der Waals surface area (Å²) in [6.45, 7) is 2.03. The molecular formula is C16H15ClN4O2S2. The maximum atomic E-state index is 11.4. The molecule has 2 aromatic carbocycles. The average Bonchev–Trinajstić information content (AvgIpc) is 2.99. The summed E-state index contributed by atoms with van der Waals surface area (Å²) in [5.74, 6) is 1.45. The predicted octanol–water partition coefficient (Wildman–Crippen LogP) is 3.35. The third-order valence-electron chi connectivity index (χ3n) is 3.43. The summed E-state index contributed by atoms with van der Waals surface area (Å²) in [7, 11) is -3.73. The number of aromatic nitrogens is 3. The molecule has 3 aromatic rings. The fourth-order valence-corrected chi connectivity index (χ4v) is 3.62. The number of rotatable bonds is 5. The molecule has 1 heterocycles. The molecule has 3 rings (SSSR count). The molecule has 0 aliphatic rings. The Morgan fingerprint density at radius 2 is 1.72 bits per heavy atom. The minimum atomic E-state index is -3.73. The summed E-state index contributed by atoms with van der Waals surface area (Å²) >= 11 is 7.54. The molecule has 0 aliphatic carbocycles. The van der Waals surface area contributed by atoms with Gasteiger partial charge in [0.15, 0.2) is 11.0 Å². The number of hydrogen-bond donors (Lipinski definition) is 1. The highest BCUT2D eigenvalue weighted by Gasteiger charge is 2.16. The molecule has 25 heavy (non-hydrogen) atoms. The van der Waals surface area contributed by atoms with Gasteiger partial charge in [0.25, 0.3) is 0 Å². The summed E-state index contributed by atoms with van der Waals surface area (Å²) in [6, 6.07) is 13.6. The molecule has 2 N–H and O–H groups in total. The highest BCUT2D eigenvalue weighted by atomic mass is 35.5. The highest BCUT2D eigenvalue weighted by molar-refractivity contribution is 7.99. The molecule has 0 amide bonds. The van der Waals surface area contributed by atoms with E-state index in [1.807, 2.05) is 23.6 Å². The van der Waals surface area contributed by atoms with E-state index in [1.165, 1.54) is 12.1 Å². The van der Waals surface area contributed by atoms with Crippen molar-refractivity contribution in [2.45, 2.75) is 17.0 Å². The lowest BCUT2D eigenvalue weighted by Crippen LogP contribution is -2.11. The fraction of sp³-hybridized carbons (Fsp3) is 0.125. The van der Waals surface area contributed by atoms with Crippen LogP contribution >= 0.6 is 23.4 Å². The number of nitrogens with zero attached hydrogens (tertiary/aromatic N) is 3. The van der Waals surface area contributed by atoms with E-state index in [0.717, 1.165) is 22.2 Å². The second-order valence-electron chi connectivity index (χ2n) is 5.12. The van der Waals surface area contributed by atoms with Crippen molar-refractivity contribution in [3.63, 3.8) is 0 Å². The van der Waals surface area contributed by atoms with Crippen LogP contribution in [0.2, 0.25) is 5.02 Å². The molecule has 6 nitrogen and oxygen atoms in total. The monoisotopic (exact) mass is 394 g/mol. The third kappa shape index (κ3) is 3.87. The van der Waals surface area contributed by atoms with Crippen molar-refractivity contribution in [1.82, 2.24) is 14.8 Å². The summed E-state index contributed by atoms with van der Waals surface area (Å²) in [6.07, 6.45) is 0. The van der Waals surface area contributed by atoms with Crippen LogP contribution in [0, 0.1) is 0 Å². The molecule has 0 atom stereocenters. The largest absolute Gasteiger partial charge is 0.270 e. The number of halogens is 1. The van der Waals surface area contributed by atoms with Gasteiger partial charge in [0, 0.05) is 16.3 Å². The Bertz CT molecular complexity index is 984. The molecular weight excluding hydrogens is 380 g/mol. The van der Waals surface area contributed by atoms with E-state index in [4.69, 9.17) is 16.7 Å². The van der Waals surface area contributed by atoms with Gasteiger partial charge in [-0.05, 0) is 54.3 Å². The normalized spacial score (nSPS) is 11.6. The Balaban J connectivity index is 2.12. The lowest BCUT2D eigenvalue weighted by atomic mass is 10.2. The van der Waals surface area contributed by atoms with Crippen LogP contribution < -0.4 is 5.14 Å². The number of nitrogens with two attached hydrogens (primary N) is 1. The van der Waals surface area contributed by atoms with E-state index in [1.54, 1.807) is 36.0 Å². The molecule has 0 radical (unpaired) electrons. The van der Waals surface area contributed by atoms with Gasteiger partial charge < -0.3 is 0 Å². The average molecular weight is 395 g/mol. The van der Waals surface area contributed by atoms with Crippen LogP contribution in [0.3, 0.4) is 0 Å². The zero-order valence-electron chi connectivity index (χ0n) is 13.3. The zero-order chi connectivity index (χ0) is 18.0. The molecule has 1 aromatic heterocycles. The first kappa shape index (κ1) is 17.9. The van der Waals surface area contributed by atoms with Crippen molar-refractivity contribution in [3.05, 3.63) is 53.6 Å². The van der Waals surface area contributed by atoms with Crippen molar-refractivity contribution in [3.8, 4) is 17.1 Å². The molecule has 0 unspecified atom stereocenters. The Hall–Kier alpha value is -1.87. The van der Waals surface area contributed by atoms with Crippen LogP contribution in [0.15, 0.2) is 58.6 Å². The molecule has 0 aliphatic heterocycles. The van der Waals surface area contributed by atoms with Crippen LogP contribution in [-0.2, 0) is 10.0 Å². The van der Waals surface area contributed by atoms with Gasteiger partial charge in [0.1, 0.15) is 0 Å². The fourth-order valence-electron chi connectivity index (χ4n) is 2.30. The van der Waals surface area contributed by atoms with E-state index in [2.05, 4.69) is 10.2 Å². The summed E-state index contributed by atoms with van der Waals surface area (Å²) in [4.78, 5) is 0.0527. The van der Waals surface area contributed by atoms with Gasteiger partial charge in [-0.1, -0.05) is 30.3 Å². The van der Waals surface area contributed by atoms with Gasteiger partial charge in [-0.2, -0.15) is 0 Å². The van der Waals surface area contributed by atoms with Crippen molar-refractivity contribution in [1.29, 1.82) is 0 Å². The predicted molar refractivity (Wildman–Crippen MR) is 99.6 cm³/mol. The van der Waals surface area contributed by atoms with Crippen LogP contribution in [0.5, 0.6) is 0 Å². The molecule has 0 saturated heterocycles. The van der Waals surface area contributed by atoms with Gasteiger partial charge in [-0.25, -0.2) is 13.6 Å². The zero-order valence-corrected chi connectivity index (χ0v) is 15.6. The number of primary sulfonamides is 1. The van der Waals surface area contributed by atoms with E-state index < -0.39 is 10.0 Å². The van der Waals surface area contributed by atoms with Gasteiger partial charge in [-0.3, -0.25) is 4.57 Å². The second kappa shape index (κ2) is 7.17. The molecule has 9 heteroatoms. The van der Waals surface area contributed by atoms with Crippen molar-refractivity contribution in [2.75, 3.05) is 5.75 Å². The lowest BCUT2D eigenvalue weighted by molar-refractivity contribution is 0.598. The molecule has 0 bridgehead atoms. The molecule has 130 valence electrons. The number of thioether (sulfide) groups is 1. The van der Waals surface area contributed by atoms with Crippen molar-refractivity contribution >= 4 is 33.4 Å². The third-order valence-corrected chi connectivity index (χ3v) is 5.42. The Morgan fingerprint density at radius 1 is 1.08 bits per heavy atom. The highest BCUT2D eigenvalue weighted by Crippen LogP contribution is 2.29. The number of benzene rings is 2. The first-order valence-corrected chi connectivity index (χ1v) is 10.3. The Morgan fingerprint density at radius 3 is 2.28 bits per heavy atom. The summed E-state index contributed by atoms with van der Waals surface area (Å²) < 4.78 is 24.8. The molecule has 0 saturated carbocycles.